The number of hydrogen-bond acceptors (Lipinski definition) is 1. The number of carboxylic acid groups (broad SMARTS) is 1. The zero-order valence-corrected chi connectivity index (χ0v) is 8.49. The van der Waals surface area contributed by atoms with Crippen LogP contribution in [-0.4, -0.2) is 11.1 Å². The summed E-state index contributed by atoms with van der Waals surface area (Å²) in [6.45, 7) is 0. The topological polar surface area (TPSA) is 37.3 Å². The van der Waals surface area contributed by atoms with Gasteiger partial charge >= 0.3 is 5.97 Å². The highest BCUT2D eigenvalue weighted by Gasteiger charge is 2.44. The van der Waals surface area contributed by atoms with Gasteiger partial charge in [0.25, 0.3) is 0 Å². The molecular weight excluding hydrogens is 232 g/mol. The zero-order valence-electron chi connectivity index (χ0n) is 6.90. The number of carbonyl (C=O) groups is 1. The van der Waals surface area contributed by atoms with E-state index in [1.54, 1.807) is 0 Å². The van der Waals surface area contributed by atoms with Crippen molar-refractivity contribution >= 4 is 21.9 Å². The molecule has 1 fully saturated rings. The predicted octanol–water partition coefficient (Wildman–Crippen LogP) is 2.64. The maximum absolute atomic E-state index is 10.6. The van der Waals surface area contributed by atoms with Crippen LogP contribution in [0.3, 0.4) is 0 Å². The summed E-state index contributed by atoms with van der Waals surface area (Å²) < 4.78 is 1.01. The Morgan fingerprint density at radius 3 is 2.85 bits per heavy atom. The van der Waals surface area contributed by atoms with Gasteiger partial charge in [-0.3, -0.25) is 4.79 Å². The van der Waals surface area contributed by atoms with Crippen LogP contribution >= 0.6 is 15.9 Å². The van der Waals surface area contributed by atoms with Crippen LogP contribution in [0, 0.1) is 5.92 Å². The third kappa shape index (κ3) is 1.75. The highest BCUT2D eigenvalue weighted by molar-refractivity contribution is 9.10. The van der Waals surface area contributed by atoms with E-state index in [9.17, 15) is 4.79 Å². The molecule has 1 saturated carbocycles. The normalized spacial score (nSPS) is 25.6. The van der Waals surface area contributed by atoms with E-state index in [1.807, 2.05) is 24.3 Å². The molecule has 2 atom stereocenters. The second kappa shape index (κ2) is 3.14. The molecule has 0 aromatic heterocycles. The summed E-state index contributed by atoms with van der Waals surface area (Å²) >= 11 is 3.37. The van der Waals surface area contributed by atoms with E-state index >= 15 is 0 Å². The third-order valence-electron chi connectivity index (χ3n) is 2.38. The Labute approximate surface area is 84.7 Å². The van der Waals surface area contributed by atoms with Crippen molar-refractivity contribution in [1.82, 2.24) is 0 Å². The van der Waals surface area contributed by atoms with Crippen LogP contribution in [-0.2, 0) is 4.79 Å². The largest absolute Gasteiger partial charge is 0.481 e. The second-order valence-electron chi connectivity index (χ2n) is 3.34. The molecule has 0 aliphatic heterocycles. The van der Waals surface area contributed by atoms with Crippen molar-refractivity contribution in [2.75, 3.05) is 0 Å². The number of carboxylic acids is 1. The first kappa shape index (κ1) is 8.75. The predicted molar refractivity (Wildman–Crippen MR) is 52.6 cm³/mol. The van der Waals surface area contributed by atoms with Gasteiger partial charge in [0.05, 0.1) is 5.92 Å². The fourth-order valence-corrected chi connectivity index (χ4v) is 1.99. The third-order valence-corrected chi connectivity index (χ3v) is 2.88. The first-order valence-electron chi connectivity index (χ1n) is 4.17. The van der Waals surface area contributed by atoms with E-state index in [0.717, 1.165) is 16.5 Å². The Kier molecular flexibility index (Phi) is 2.12. The van der Waals surface area contributed by atoms with Gasteiger partial charge in [0, 0.05) is 4.47 Å². The van der Waals surface area contributed by atoms with Crippen molar-refractivity contribution in [2.45, 2.75) is 12.3 Å². The molecule has 2 rings (SSSR count). The Morgan fingerprint density at radius 1 is 1.54 bits per heavy atom. The molecule has 0 spiro atoms. The van der Waals surface area contributed by atoms with Gasteiger partial charge in [-0.25, -0.2) is 0 Å². The van der Waals surface area contributed by atoms with E-state index in [4.69, 9.17) is 5.11 Å². The molecule has 0 amide bonds. The Bertz CT molecular complexity index is 349. The minimum absolute atomic E-state index is 0.158. The molecule has 68 valence electrons. The summed E-state index contributed by atoms with van der Waals surface area (Å²) in [6.07, 6.45) is 0.784. The first-order chi connectivity index (χ1) is 6.18. The van der Waals surface area contributed by atoms with E-state index in [0.29, 0.717) is 0 Å². The lowest BCUT2D eigenvalue weighted by atomic mass is 10.1. The summed E-state index contributed by atoms with van der Waals surface area (Å²) in [4.78, 5) is 10.6. The van der Waals surface area contributed by atoms with Crippen LogP contribution in [0.1, 0.15) is 17.9 Å². The molecule has 2 nitrogen and oxygen atoms in total. The fourth-order valence-electron chi connectivity index (χ4n) is 1.57. The number of benzene rings is 1. The van der Waals surface area contributed by atoms with E-state index in [2.05, 4.69) is 15.9 Å². The van der Waals surface area contributed by atoms with Crippen LogP contribution in [0.2, 0.25) is 0 Å². The van der Waals surface area contributed by atoms with Crippen LogP contribution in [0.5, 0.6) is 0 Å². The SMILES string of the molecule is O=C(O)[C@@H]1CC1c1cccc(Br)c1. The molecule has 1 unspecified atom stereocenters. The lowest BCUT2D eigenvalue weighted by molar-refractivity contribution is -0.138. The molecule has 13 heavy (non-hydrogen) atoms. The minimum atomic E-state index is -0.676. The molecule has 0 bridgehead atoms. The Hall–Kier alpha value is -0.830. The molecule has 0 heterocycles. The average molecular weight is 241 g/mol. The average Bonchev–Trinajstić information content (AvgIpc) is 2.82. The number of rotatable bonds is 2. The van der Waals surface area contributed by atoms with Crippen LogP contribution in [0.15, 0.2) is 28.7 Å². The summed E-state index contributed by atoms with van der Waals surface area (Å²) in [5.41, 5.74) is 1.13. The van der Waals surface area contributed by atoms with Gasteiger partial charge in [-0.1, -0.05) is 28.1 Å². The van der Waals surface area contributed by atoms with Crippen molar-refractivity contribution in [3.8, 4) is 0 Å². The van der Waals surface area contributed by atoms with Gasteiger partial charge < -0.3 is 5.11 Å². The molecule has 0 radical (unpaired) electrons. The smallest absolute Gasteiger partial charge is 0.307 e. The Morgan fingerprint density at radius 2 is 2.31 bits per heavy atom. The van der Waals surface area contributed by atoms with Gasteiger partial charge in [0.2, 0.25) is 0 Å². The van der Waals surface area contributed by atoms with Gasteiger partial charge in [0.15, 0.2) is 0 Å². The number of hydrogen-bond donors (Lipinski definition) is 1. The first-order valence-corrected chi connectivity index (χ1v) is 4.96. The molecule has 0 saturated heterocycles. The monoisotopic (exact) mass is 240 g/mol. The van der Waals surface area contributed by atoms with Crippen LogP contribution in [0.4, 0.5) is 0 Å². The maximum Gasteiger partial charge on any atom is 0.307 e. The number of halogens is 1. The molecule has 1 aromatic carbocycles. The fraction of sp³-hybridized carbons (Fsp3) is 0.300. The van der Waals surface area contributed by atoms with Crippen molar-refractivity contribution in [2.24, 2.45) is 5.92 Å². The molecule has 1 aliphatic rings. The molecule has 1 aromatic rings. The van der Waals surface area contributed by atoms with E-state index < -0.39 is 5.97 Å². The van der Waals surface area contributed by atoms with E-state index in [1.165, 1.54) is 0 Å². The van der Waals surface area contributed by atoms with Crippen molar-refractivity contribution < 1.29 is 9.90 Å². The molecule has 1 aliphatic carbocycles. The van der Waals surface area contributed by atoms with Crippen LogP contribution < -0.4 is 0 Å². The quantitative estimate of drug-likeness (QED) is 0.864. The van der Waals surface area contributed by atoms with Crippen molar-refractivity contribution in [1.29, 1.82) is 0 Å². The standard InChI is InChI=1S/C10H9BrO2/c11-7-3-1-2-6(4-7)8-5-9(8)10(12)13/h1-4,8-9H,5H2,(H,12,13)/t8?,9-/m1/s1. The van der Waals surface area contributed by atoms with Gasteiger partial charge in [0.1, 0.15) is 0 Å². The summed E-state index contributed by atoms with van der Waals surface area (Å²) in [6, 6.07) is 7.87. The van der Waals surface area contributed by atoms with Crippen molar-refractivity contribution in [3.05, 3.63) is 34.3 Å². The highest BCUT2D eigenvalue weighted by Crippen LogP contribution is 2.47. The van der Waals surface area contributed by atoms with Gasteiger partial charge in [-0.15, -0.1) is 0 Å². The van der Waals surface area contributed by atoms with Crippen LogP contribution in [0.25, 0.3) is 0 Å². The highest BCUT2D eigenvalue weighted by atomic mass is 79.9. The van der Waals surface area contributed by atoms with Crippen molar-refractivity contribution in [3.63, 3.8) is 0 Å². The van der Waals surface area contributed by atoms with Gasteiger partial charge in [-0.05, 0) is 30.0 Å². The lowest BCUT2D eigenvalue weighted by Gasteiger charge is -1.98. The summed E-state index contributed by atoms with van der Waals surface area (Å²) in [5, 5.41) is 8.74. The van der Waals surface area contributed by atoms with Gasteiger partial charge in [-0.2, -0.15) is 0 Å². The lowest BCUT2D eigenvalue weighted by Crippen LogP contribution is -1.98. The van der Waals surface area contributed by atoms with E-state index in [-0.39, 0.29) is 11.8 Å². The second-order valence-corrected chi connectivity index (χ2v) is 4.26. The summed E-state index contributed by atoms with van der Waals surface area (Å²) in [5.74, 6) is -0.603. The number of aliphatic carboxylic acids is 1. The summed E-state index contributed by atoms with van der Waals surface area (Å²) in [7, 11) is 0. The molecule has 1 N–H and O–H groups in total. The zero-order chi connectivity index (χ0) is 9.42. The molecule has 3 heteroatoms. The minimum Gasteiger partial charge on any atom is -0.481 e. The Balaban J connectivity index is 2.16. The molecular formula is C10H9BrO2. The maximum atomic E-state index is 10.6.